The Labute approximate surface area is 217 Å². The van der Waals surface area contributed by atoms with Crippen LogP contribution in [0.25, 0.3) is 11.2 Å². The number of nitrogens with two attached hydrogens (primary N) is 1. The smallest absolute Gasteiger partial charge is 0.306 e. The molecule has 0 radical (unpaired) electrons. The molecule has 2 aromatic rings. The Bertz CT molecular complexity index is 1170. The summed E-state index contributed by atoms with van der Waals surface area (Å²) in [4.78, 5) is 59.6. The molecule has 38 heavy (non-hydrogen) atoms. The van der Waals surface area contributed by atoms with E-state index in [0.717, 1.165) is 0 Å². The van der Waals surface area contributed by atoms with Crippen LogP contribution in [0.15, 0.2) is 12.7 Å². The second-order valence-electron chi connectivity index (χ2n) is 8.70. The van der Waals surface area contributed by atoms with Crippen LogP contribution in [0.1, 0.15) is 45.8 Å². The summed E-state index contributed by atoms with van der Waals surface area (Å²) in [6, 6.07) is 0. The Kier molecular flexibility index (Phi) is 9.79. The molecule has 3 N–H and O–H groups in total. The molecule has 1 saturated heterocycles. The standard InChI is InChI=1S/C23H31N5O10/c1-13(29)4-6-16(31)35-10-15-19(38-17(32)7-5-14(2)30)23(33,36-9-8-34-3)22(37-15)28-12-27-18-20(24)25-11-26-21(18)28/h11-12,15,19,22,33H,4-10H2,1-3H3,(H2,24,25,26)/t15-,19-,22-,23+/m1/s1. The van der Waals surface area contributed by atoms with Gasteiger partial charge in [0.1, 0.15) is 36.1 Å². The molecule has 4 atom stereocenters. The molecule has 15 heteroatoms. The lowest BCUT2D eigenvalue weighted by atomic mass is 10.1. The quantitative estimate of drug-likeness (QED) is 0.183. The SMILES string of the molecule is COCCO[C@@]1(O)[C@H](OC(=O)CCC(C)=O)[C@@H](COC(=O)CCC(C)=O)O[C@H]1n1cnc2c(N)ncnc21. The van der Waals surface area contributed by atoms with Crippen LogP contribution in [0.5, 0.6) is 0 Å². The molecule has 1 fully saturated rings. The van der Waals surface area contributed by atoms with Crippen molar-refractivity contribution in [2.75, 3.05) is 32.7 Å². The molecule has 0 saturated carbocycles. The van der Waals surface area contributed by atoms with Crippen LogP contribution in [0.4, 0.5) is 5.82 Å². The van der Waals surface area contributed by atoms with Gasteiger partial charge in [-0.1, -0.05) is 0 Å². The van der Waals surface area contributed by atoms with Gasteiger partial charge in [-0.05, 0) is 13.8 Å². The van der Waals surface area contributed by atoms with E-state index in [0.29, 0.717) is 0 Å². The number of nitrogens with zero attached hydrogens (tertiary/aromatic N) is 4. The normalized spacial score (nSPS) is 22.9. The molecule has 3 heterocycles. The number of aliphatic hydroxyl groups is 1. The third kappa shape index (κ3) is 6.86. The zero-order valence-corrected chi connectivity index (χ0v) is 21.3. The van der Waals surface area contributed by atoms with Gasteiger partial charge < -0.3 is 44.1 Å². The van der Waals surface area contributed by atoms with Gasteiger partial charge in [-0.2, -0.15) is 0 Å². The van der Waals surface area contributed by atoms with E-state index in [1.54, 1.807) is 0 Å². The number of ether oxygens (including phenoxy) is 5. The minimum absolute atomic E-state index is 0.0112. The number of hydrogen-bond acceptors (Lipinski definition) is 14. The van der Waals surface area contributed by atoms with E-state index in [4.69, 9.17) is 29.4 Å². The highest BCUT2D eigenvalue weighted by Gasteiger charge is 2.61. The second kappa shape index (κ2) is 12.8. The zero-order valence-electron chi connectivity index (χ0n) is 21.3. The Hall–Kier alpha value is -3.53. The number of nitrogen functional groups attached to an aromatic ring is 1. The first-order valence-electron chi connectivity index (χ1n) is 11.8. The third-order valence-corrected chi connectivity index (χ3v) is 5.69. The molecule has 2 aromatic heterocycles. The van der Waals surface area contributed by atoms with E-state index >= 15 is 0 Å². The highest BCUT2D eigenvalue weighted by Crippen LogP contribution is 2.43. The van der Waals surface area contributed by atoms with Gasteiger partial charge in [-0.3, -0.25) is 14.2 Å². The number of ketones is 2. The first-order chi connectivity index (χ1) is 18.1. The van der Waals surface area contributed by atoms with Crippen LogP contribution in [0.3, 0.4) is 0 Å². The lowest BCUT2D eigenvalue weighted by Crippen LogP contribution is -2.52. The fourth-order valence-electron chi connectivity index (χ4n) is 3.78. The first-order valence-corrected chi connectivity index (χ1v) is 11.8. The van der Waals surface area contributed by atoms with Crippen molar-refractivity contribution in [3.05, 3.63) is 12.7 Å². The van der Waals surface area contributed by atoms with Crippen LogP contribution in [-0.2, 0) is 42.9 Å². The van der Waals surface area contributed by atoms with Crippen molar-refractivity contribution in [2.45, 2.75) is 63.8 Å². The minimum atomic E-state index is -2.34. The molecule has 0 aliphatic carbocycles. The zero-order chi connectivity index (χ0) is 27.9. The Morgan fingerprint density at radius 1 is 1.05 bits per heavy atom. The minimum Gasteiger partial charge on any atom is -0.463 e. The van der Waals surface area contributed by atoms with Gasteiger partial charge >= 0.3 is 11.9 Å². The molecular formula is C23H31N5O10. The number of fused-ring (bicyclic) bond motifs is 1. The van der Waals surface area contributed by atoms with Crippen molar-refractivity contribution in [3.8, 4) is 0 Å². The van der Waals surface area contributed by atoms with Crippen molar-refractivity contribution in [1.82, 2.24) is 19.5 Å². The Morgan fingerprint density at radius 2 is 1.74 bits per heavy atom. The number of aromatic nitrogens is 4. The number of esters is 2. The maximum Gasteiger partial charge on any atom is 0.306 e. The molecule has 1 aliphatic rings. The number of carbonyl (C=O) groups is 4. The fraction of sp³-hybridized carbons (Fsp3) is 0.609. The molecule has 208 valence electrons. The number of carbonyl (C=O) groups excluding carboxylic acids is 4. The van der Waals surface area contributed by atoms with E-state index in [1.807, 2.05) is 0 Å². The van der Waals surface area contributed by atoms with Crippen molar-refractivity contribution in [3.63, 3.8) is 0 Å². The molecule has 1 aliphatic heterocycles. The van der Waals surface area contributed by atoms with Crippen molar-refractivity contribution in [1.29, 1.82) is 0 Å². The summed E-state index contributed by atoms with van der Waals surface area (Å²) >= 11 is 0. The fourth-order valence-corrected chi connectivity index (χ4v) is 3.78. The number of anilines is 1. The number of Topliss-reactive ketones (excluding diaryl/α,β-unsaturated/α-hetero) is 2. The predicted molar refractivity (Wildman–Crippen MR) is 127 cm³/mol. The summed E-state index contributed by atoms with van der Waals surface area (Å²) in [5.74, 6) is -4.17. The van der Waals surface area contributed by atoms with Crippen molar-refractivity contribution < 1.29 is 48.0 Å². The number of rotatable bonds is 14. The lowest BCUT2D eigenvalue weighted by Gasteiger charge is -2.33. The summed E-state index contributed by atoms with van der Waals surface area (Å²) in [6.07, 6.45) is -2.14. The summed E-state index contributed by atoms with van der Waals surface area (Å²) in [5, 5.41) is 11.8. The molecule has 0 amide bonds. The molecule has 0 aromatic carbocycles. The summed E-state index contributed by atoms with van der Waals surface area (Å²) < 4.78 is 28.9. The highest BCUT2D eigenvalue weighted by atomic mass is 16.7. The average Bonchev–Trinajstić information content (AvgIpc) is 3.40. The van der Waals surface area contributed by atoms with Gasteiger partial charge in [0.2, 0.25) is 0 Å². The van der Waals surface area contributed by atoms with Gasteiger partial charge in [0.25, 0.3) is 5.79 Å². The summed E-state index contributed by atoms with van der Waals surface area (Å²) in [5.41, 5.74) is 6.30. The lowest BCUT2D eigenvalue weighted by molar-refractivity contribution is -0.283. The Balaban J connectivity index is 1.95. The van der Waals surface area contributed by atoms with Crippen LogP contribution >= 0.6 is 0 Å². The van der Waals surface area contributed by atoms with Crippen LogP contribution in [-0.4, -0.2) is 93.1 Å². The molecule has 3 rings (SSSR count). The second-order valence-corrected chi connectivity index (χ2v) is 8.70. The van der Waals surface area contributed by atoms with E-state index in [-0.39, 0.29) is 67.4 Å². The van der Waals surface area contributed by atoms with Crippen LogP contribution in [0.2, 0.25) is 0 Å². The van der Waals surface area contributed by atoms with Crippen LogP contribution in [0, 0.1) is 0 Å². The van der Waals surface area contributed by atoms with Crippen LogP contribution < -0.4 is 5.73 Å². The van der Waals surface area contributed by atoms with Crippen molar-refractivity contribution >= 4 is 40.5 Å². The van der Waals surface area contributed by atoms with E-state index in [1.165, 1.54) is 38.2 Å². The topological polar surface area (TPSA) is 204 Å². The monoisotopic (exact) mass is 537 g/mol. The largest absolute Gasteiger partial charge is 0.463 e. The van der Waals surface area contributed by atoms with Gasteiger partial charge in [-0.15, -0.1) is 0 Å². The maximum absolute atomic E-state index is 12.6. The Morgan fingerprint density at radius 3 is 2.39 bits per heavy atom. The summed E-state index contributed by atoms with van der Waals surface area (Å²) in [7, 11) is 1.43. The van der Waals surface area contributed by atoms with Crippen molar-refractivity contribution in [2.24, 2.45) is 0 Å². The molecule has 0 unspecified atom stereocenters. The molecule has 15 nitrogen and oxygen atoms in total. The van der Waals surface area contributed by atoms with Gasteiger partial charge in [0.05, 0.1) is 32.4 Å². The number of hydrogen-bond donors (Lipinski definition) is 2. The third-order valence-electron chi connectivity index (χ3n) is 5.69. The van der Waals surface area contributed by atoms with Gasteiger partial charge in [0.15, 0.2) is 23.8 Å². The number of methoxy groups -OCH3 is 1. The van der Waals surface area contributed by atoms with Gasteiger partial charge in [0, 0.05) is 20.0 Å². The van der Waals surface area contributed by atoms with E-state index in [9.17, 15) is 24.3 Å². The maximum atomic E-state index is 12.6. The summed E-state index contributed by atoms with van der Waals surface area (Å²) in [6.45, 7) is 2.16. The average molecular weight is 538 g/mol. The number of imidazole rings is 1. The predicted octanol–water partition coefficient (Wildman–Crippen LogP) is -0.149. The molecule has 0 bridgehead atoms. The van der Waals surface area contributed by atoms with E-state index in [2.05, 4.69) is 15.0 Å². The highest BCUT2D eigenvalue weighted by molar-refractivity contribution is 5.82. The van der Waals surface area contributed by atoms with Gasteiger partial charge in [-0.25, -0.2) is 15.0 Å². The van der Waals surface area contributed by atoms with E-state index < -0.39 is 42.8 Å². The molecular weight excluding hydrogens is 506 g/mol. The first kappa shape index (κ1) is 29.0. The molecule has 0 spiro atoms.